The van der Waals surface area contributed by atoms with Gasteiger partial charge in [0.1, 0.15) is 18.0 Å². The molecule has 3 aliphatic rings. The van der Waals surface area contributed by atoms with Crippen LogP contribution in [0, 0.1) is 5.82 Å². The molecule has 7 nitrogen and oxygen atoms in total. The molecule has 142 valence electrons. The number of benzene rings is 1. The Morgan fingerprint density at radius 2 is 2.23 bits per heavy atom. The van der Waals surface area contributed by atoms with E-state index >= 15 is 0 Å². The number of halogens is 1. The molecule has 1 aromatic rings. The second-order valence-corrected chi connectivity index (χ2v) is 7.15. The van der Waals surface area contributed by atoms with E-state index in [0.717, 1.165) is 19.4 Å². The number of hydrazine groups is 1. The Hall–Kier alpha value is -1.58. The van der Waals surface area contributed by atoms with Crippen molar-refractivity contribution in [1.29, 1.82) is 0 Å². The Balaban J connectivity index is 1.23. The molecule has 4 unspecified atom stereocenters. The van der Waals surface area contributed by atoms with Crippen molar-refractivity contribution in [2.24, 2.45) is 0 Å². The van der Waals surface area contributed by atoms with Crippen molar-refractivity contribution < 1.29 is 18.8 Å². The number of hydrogen-bond acceptors (Lipinski definition) is 6. The van der Waals surface area contributed by atoms with Crippen molar-refractivity contribution in [1.82, 2.24) is 21.2 Å². The van der Waals surface area contributed by atoms with Crippen LogP contribution in [0.1, 0.15) is 24.8 Å². The summed E-state index contributed by atoms with van der Waals surface area (Å²) in [6.45, 7) is 2.49. The van der Waals surface area contributed by atoms with Gasteiger partial charge in [0.15, 0.2) is 0 Å². The molecule has 8 heteroatoms. The van der Waals surface area contributed by atoms with Crippen molar-refractivity contribution in [3.05, 3.63) is 35.6 Å². The summed E-state index contributed by atoms with van der Waals surface area (Å²) in [5.41, 5.74) is 6.69. The lowest BCUT2D eigenvalue weighted by molar-refractivity contribution is -0.125. The number of amides is 1. The monoisotopic (exact) mass is 364 g/mol. The fourth-order valence-electron chi connectivity index (χ4n) is 3.77. The van der Waals surface area contributed by atoms with E-state index in [-0.39, 0.29) is 36.0 Å². The van der Waals surface area contributed by atoms with E-state index in [1.807, 2.05) is 11.1 Å². The molecule has 4 rings (SSSR count). The molecule has 0 aromatic heterocycles. The lowest BCUT2D eigenvalue weighted by atomic mass is 10.0. The highest BCUT2D eigenvalue weighted by atomic mass is 19.1. The van der Waals surface area contributed by atoms with Gasteiger partial charge >= 0.3 is 0 Å². The third kappa shape index (κ3) is 4.05. The second-order valence-electron chi connectivity index (χ2n) is 7.15. The van der Waals surface area contributed by atoms with Gasteiger partial charge in [-0.2, -0.15) is 5.48 Å². The highest BCUT2D eigenvalue weighted by Gasteiger charge is 2.38. The SMILES string of the molecule is O=C(NC1CNN(Cc2ccccc2F)C1)C1CC(C2CCCO2)ON1. The van der Waals surface area contributed by atoms with Gasteiger partial charge in [0.2, 0.25) is 5.91 Å². The quantitative estimate of drug-likeness (QED) is 0.705. The Morgan fingerprint density at radius 3 is 3.04 bits per heavy atom. The molecule has 4 atom stereocenters. The van der Waals surface area contributed by atoms with Crippen LogP contribution < -0.4 is 16.2 Å². The molecule has 1 aromatic carbocycles. The Labute approximate surface area is 152 Å². The number of carbonyl (C=O) groups is 1. The summed E-state index contributed by atoms with van der Waals surface area (Å²) in [6.07, 6.45) is 2.68. The van der Waals surface area contributed by atoms with Crippen LogP contribution in [0.15, 0.2) is 24.3 Å². The number of nitrogens with zero attached hydrogens (tertiary/aromatic N) is 1. The molecule has 0 saturated carbocycles. The molecule has 1 amide bonds. The number of hydrogen-bond donors (Lipinski definition) is 3. The van der Waals surface area contributed by atoms with Gasteiger partial charge < -0.3 is 10.1 Å². The summed E-state index contributed by atoms with van der Waals surface area (Å²) in [7, 11) is 0. The first-order valence-corrected chi connectivity index (χ1v) is 9.24. The zero-order chi connectivity index (χ0) is 17.9. The van der Waals surface area contributed by atoms with E-state index in [0.29, 0.717) is 31.6 Å². The van der Waals surface area contributed by atoms with Crippen LogP contribution in [0.4, 0.5) is 4.39 Å². The van der Waals surface area contributed by atoms with Crippen LogP contribution in [0.25, 0.3) is 0 Å². The maximum absolute atomic E-state index is 13.8. The fourth-order valence-corrected chi connectivity index (χ4v) is 3.77. The van der Waals surface area contributed by atoms with Crippen LogP contribution in [0.5, 0.6) is 0 Å². The number of carbonyl (C=O) groups excluding carboxylic acids is 1. The Morgan fingerprint density at radius 1 is 1.35 bits per heavy atom. The third-order valence-corrected chi connectivity index (χ3v) is 5.19. The van der Waals surface area contributed by atoms with E-state index in [1.165, 1.54) is 6.07 Å². The average Bonchev–Trinajstić information content (AvgIpc) is 3.38. The van der Waals surface area contributed by atoms with Gasteiger partial charge in [0, 0.05) is 38.2 Å². The minimum Gasteiger partial charge on any atom is -0.375 e. The number of rotatable bonds is 5. The van der Waals surface area contributed by atoms with Gasteiger partial charge in [-0.3, -0.25) is 15.1 Å². The van der Waals surface area contributed by atoms with Crippen LogP contribution in [0.2, 0.25) is 0 Å². The minimum absolute atomic E-state index is 0.0159. The zero-order valence-electron chi connectivity index (χ0n) is 14.6. The molecule has 0 aliphatic carbocycles. The highest BCUT2D eigenvalue weighted by Crippen LogP contribution is 2.24. The normalized spacial score (nSPS) is 32.2. The maximum Gasteiger partial charge on any atom is 0.239 e. The van der Waals surface area contributed by atoms with Gasteiger partial charge in [-0.05, 0) is 18.9 Å². The van der Waals surface area contributed by atoms with Crippen LogP contribution >= 0.6 is 0 Å². The highest BCUT2D eigenvalue weighted by molar-refractivity contribution is 5.82. The summed E-state index contributed by atoms with van der Waals surface area (Å²) in [5, 5.41) is 4.97. The van der Waals surface area contributed by atoms with E-state index < -0.39 is 0 Å². The maximum atomic E-state index is 13.8. The number of hydroxylamine groups is 1. The van der Waals surface area contributed by atoms with E-state index in [9.17, 15) is 9.18 Å². The summed E-state index contributed by atoms with van der Waals surface area (Å²) in [5.74, 6) is -0.278. The standard InChI is InChI=1S/C18H25FN4O3/c19-14-5-2-1-4-12(14)10-23-11-13(9-20-23)21-18(24)15-8-17(26-22-15)16-6-3-7-25-16/h1-2,4-5,13,15-17,20,22H,3,6-11H2,(H,21,24). The van der Waals surface area contributed by atoms with Crippen molar-refractivity contribution in [2.75, 3.05) is 19.7 Å². The van der Waals surface area contributed by atoms with Crippen LogP contribution in [0.3, 0.4) is 0 Å². The van der Waals surface area contributed by atoms with Crippen molar-refractivity contribution in [3.8, 4) is 0 Å². The van der Waals surface area contributed by atoms with E-state index in [4.69, 9.17) is 9.57 Å². The molecule has 0 radical (unpaired) electrons. The van der Waals surface area contributed by atoms with E-state index in [2.05, 4.69) is 16.2 Å². The Kier molecular flexibility index (Phi) is 5.46. The number of ether oxygens (including phenoxy) is 1. The molecule has 3 fully saturated rings. The van der Waals surface area contributed by atoms with Crippen LogP contribution in [-0.4, -0.2) is 54.9 Å². The molecule has 26 heavy (non-hydrogen) atoms. The van der Waals surface area contributed by atoms with E-state index in [1.54, 1.807) is 12.1 Å². The average molecular weight is 364 g/mol. The molecule has 0 spiro atoms. The van der Waals surface area contributed by atoms with Gasteiger partial charge in [-0.1, -0.05) is 18.2 Å². The van der Waals surface area contributed by atoms with Crippen LogP contribution in [-0.2, 0) is 20.9 Å². The van der Waals surface area contributed by atoms with Gasteiger partial charge in [-0.15, -0.1) is 0 Å². The molecule has 0 bridgehead atoms. The predicted molar refractivity (Wildman–Crippen MR) is 92.1 cm³/mol. The van der Waals surface area contributed by atoms with Gasteiger partial charge in [0.25, 0.3) is 0 Å². The lowest BCUT2D eigenvalue weighted by Crippen LogP contribution is -2.47. The summed E-state index contributed by atoms with van der Waals surface area (Å²) in [4.78, 5) is 18.0. The van der Waals surface area contributed by atoms with Crippen molar-refractivity contribution in [3.63, 3.8) is 0 Å². The summed E-state index contributed by atoms with van der Waals surface area (Å²) < 4.78 is 19.4. The lowest BCUT2D eigenvalue weighted by Gasteiger charge is -2.17. The topological polar surface area (TPSA) is 74.9 Å². The van der Waals surface area contributed by atoms with Crippen molar-refractivity contribution in [2.45, 2.75) is 50.1 Å². The largest absolute Gasteiger partial charge is 0.375 e. The molecule has 3 heterocycles. The summed E-state index contributed by atoms with van der Waals surface area (Å²) in [6, 6.07) is 6.36. The third-order valence-electron chi connectivity index (χ3n) is 5.19. The first-order chi connectivity index (χ1) is 12.7. The summed E-state index contributed by atoms with van der Waals surface area (Å²) >= 11 is 0. The zero-order valence-corrected chi connectivity index (χ0v) is 14.6. The van der Waals surface area contributed by atoms with Crippen molar-refractivity contribution >= 4 is 5.91 Å². The fraction of sp³-hybridized carbons (Fsp3) is 0.611. The smallest absolute Gasteiger partial charge is 0.239 e. The first-order valence-electron chi connectivity index (χ1n) is 9.24. The Bertz CT molecular complexity index is 641. The predicted octanol–water partition coefficient (Wildman–Crippen LogP) is 0.472. The second kappa shape index (κ2) is 7.98. The van der Waals surface area contributed by atoms with Gasteiger partial charge in [-0.25, -0.2) is 9.40 Å². The first kappa shape index (κ1) is 17.8. The molecular weight excluding hydrogens is 339 g/mol. The molecule has 3 N–H and O–H groups in total. The molecule has 3 aliphatic heterocycles. The minimum atomic E-state index is -0.357. The number of nitrogens with one attached hydrogen (secondary N) is 3. The molecular formula is C18H25FN4O3. The van der Waals surface area contributed by atoms with Gasteiger partial charge in [0.05, 0.1) is 12.1 Å². The molecule has 3 saturated heterocycles.